The lowest BCUT2D eigenvalue weighted by atomic mass is 9.90. The second kappa shape index (κ2) is 10.7. The minimum atomic E-state index is -0.812. The van der Waals surface area contributed by atoms with Crippen LogP contribution in [0.2, 0.25) is 0 Å². The Hall–Kier alpha value is -4.10. The number of carbonyl (C=O) groups excluding carboxylic acids is 1. The molecule has 4 aromatic rings. The van der Waals surface area contributed by atoms with Gasteiger partial charge in [-0.2, -0.15) is 0 Å². The zero-order valence-electron chi connectivity index (χ0n) is 18.5. The van der Waals surface area contributed by atoms with Gasteiger partial charge in [0.05, 0.1) is 18.2 Å². The summed E-state index contributed by atoms with van der Waals surface area (Å²) in [5.74, 6) is -1.19. The van der Waals surface area contributed by atoms with Crippen molar-refractivity contribution in [3.8, 4) is 11.3 Å². The average Bonchev–Trinajstić information content (AvgIpc) is 2.85. The number of anilines is 1. The third kappa shape index (κ3) is 5.27. The number of carbonyl (C=O) groups is 1. The number of primary amides is 1. The number of halogens is 1. The highest BCUT2D eigenvalue weighted by molar-refractivity contribution is 5.87. The molecule has 2 aromatic carbocycles. The molecule has 0 fully saturated rings. The summed E-state index contributed by atoms with van der Waals surface area (Å²) in [6, 6.07) is 21.2. The maximum absolute atomic E-state index is 13.6. The van der Waals surface area contributed by atoms with Crippen molar-refractivity contribution in [3.63, 3.8) is 0 Å². The number of nitrogens with two attached hydrogens (primary N) is 1. The van der Waals surface area contributed by atoms with Gasteiger partial charge in [0.25, 0.3) is 0 Å². The van der Waals surface area contributed by atoms with E-state index in [9.17, 15) is 14.3 Å². The van der Waals surface area contributed by atoms with Gasteiger partial charge in [-0.3, -0.25) is 9.78 Å². The fourth-order valence-electron chi connectivity index (χ4n) is 3.96. The fourth-order valence-corrected chi connectivity index (χ4v) is 3.96. The standard InChI is InChI=1S/C27H25FN4O2/c28-22-10-4-6-18(14-22)11-13-31-27-23(24(26(29)34)20-9-5-12-30-16-20)15-21(17-33)25(32-27)19-7-2-1-3-8-19/h1-10,12,14-16,24,33H,11,13,17H2,(H2,29,34)(H,31,32). The van der Waals surface area contributed by atoms with E-state index in [-0.39, 0.29) is 12.4 Å². The molecule has 172 valence electrons. The molecule has 1 atom stereocenters. The average molecular weight is 457 g/mol. The van der Waals surface area contributed by atoms with Gasteiger partial charge in [0.15, 0.2) is 0 Å². The number of hydrogen-bond donors (Lipinski definition) is 3. The lowest BCUT2D eigenvalue weighted by molar-refractivity contribution is -0.118. The van der Waals surface area contributed by atoms with Crippen LogP contribution < -0.4 is 11.1 Å². The number of nitrogens with zero attached hydrogens (tertiary/aromatic N) is 2. The molecule has 2 aromatic heterocycles. The second-order valence-electron chi connectivity index (χ2n) is 7.89. The predicted octanol–water partition coefficient (Wildman–Crippen LogP) is 4.05. The van der Waals surface area contributed by atoms with Crippen LogP contribution in [0, 0.1) is 5.82 Å². The van der Waals surface area contributed by atoms with Crippen LogP contribution in [0.15, 0.2) is 85.2 Å². The summed E-state index contributed by atoms with van der Waals surface area (Å²) in [7, 11) is 0. The number of aliphatic hydroxyl groups excluding tert-OH is 1. The fraction of sp³-hybridized carbons (Fsp3) is 0.148. The molecule has 0 saturated heterocycles. The van der Waals surface area contributed by atoms with Crippen LogP contribution in [-0.4, -0.2) is 27.5 Å². The molecular formula is C27H25FN4O2. The molecule has 0 saturated carbocycles. The molecule has 7 heteroatoms. The molecule has 34 heavy (non-hydrogen) atoms. The third-order valence-electron chi connectivity index (χ3n) is 5.56. The summed E-state index contributed by atoms with van der Waals surface area (Å²) in [5, 5.41) is 13.4. The molecule has 0 aliphatic carbocycles. The summed E-state index contributed by atoms with van der Waals surface area (Å²) >= 11 is 0. The molecule has 1 unspecified atom stereocenters. The maximum atomic E-state index is 13.6. The summed E-state index contributed by atoms with van der Waals surface area (Å²) in [6.07, 6.45) is 3.76. The Bertz CT molecular complexity index is 1270. The maximum Gasteiger partial charge on any atom is 0.229 e. The number of pyridine rings is 2. The predicted molar refractivity (Wildman–Crippen MR) is 129 cm³/mol. The SMILES string of the molecule is NC(=O)C(c1cccnc1)c1cc(CO)c(-c2ccccc2)nc1NCCc1cccc(F)c1. The number of benzene rings is 2. The van der Waals surface area contributed by atoms with Crippen molar-refractivity contribution in [1.82, 2.24) is 9.97 Å². The van der Waals surface area contributed by atoms with E-state index in [4.69, 9.17) is 10.7 Å². The van der Waals surface area contributed by atoms with E-state index in [2.05, 4.69) is 10.3 Å². The van der Waals surface area contributed by atoms with Crippen LogP contribution in [0.1, 0.15) is 28.2 Å². The van der Waals surface area contributed by atoms with Crippen LogP contribution in [0.25, 0.3) is 11.3 Å². The van der Waals surface area contributed by atoms with E-state index < -0.39 is 11.8 Å². The minimum Gasteiger partial charge on any atom is -0.392 e. The Balaban J connectivity index is 1.77. The first-order chi connectivity index (χ1) is 16.6. The molecule has 4 N–H and O–H groups in total. The molecule has 0 spiro atoms. The van der Waals surface area contributed by atoms with Crippen LogP contribution in [-0.2, 0) is 17.8 Å². The van der Waals surface area contributed by atoms with Gasteiger partial charge in [0.2, 0.25) is 5.91 Å². The molecule has 4 rings (SSSR count). The molecule has 2 heterocycles. The zero-order valence-corrected chi connectivity index (χ0v) is 18.5. The highest BCUT2D eigenvalue weighted by Crippen LogP contribution is 2.34. The van der Waals surface area contributed by atoms with Crippen molar-refractivity contribution in [1.29, 1.82) is 0 Å². The van der Waals surface area contributed by atoms with E-state index in [1.165, 1.54) is 12.1 Å². The molecule has 0 aliphatic rings. The lowest BCUT2D eigenvalue weighted by Crippen LogP contribution is -2.24. The second-order valence-corrected chi connectivity index (χ2v) is 7.89. The number of hydrogen-bond acceptors (Lipinski definition) is 5. The van der Waals surface area contributed by atoms with E-state index in [0.717, 1.165) is 11.1 Å². The normalized spacial score (nSPS) is 11.7. The van der Waals surface area contributed by atoms with Gasteiger partial charge in [-0.05, 0) is 41.8 Å². The minimum absolute atomic E-state index is 0.258. The molecule has 1 amide bonds. The number of aromatic nitrogens is 2. The van der Waals surface area contributed by atoms with E-state index >= 15 is 0 Å². The first-order valence-corrected chi connectivity index (χ1v) is 10.9. The van der Waals surface area contributed by atoms with Crippen LogP contribution in [0.5, 0.6) is 0 Å². The van der Waals surface area contributed by atoms with Crippen molar-refractivity contribution in [2.45, 2.75) is 18.9 Å². The molecule has 0 bridgehead atoms. The van der Waals surface area contributed by atoms with Gasteiger partial charge in [-0.25, -0.2) is 9.37 Å². The highest BCUT2D eigenvalue weighted by atomic mass is 19.1. The van der Waals surface area contributed by atoms with E-state index in [1.54, 1.807) is 36.7 Å². The molecule has 0 radical (unpaired) electrons. The Morgan fingerprint density at radius 1 is 1.06 bits per heavy atom. The van der Waals surface area contributed by atoms with Crippen LogP contribution in [0.3, 0.4) is 0 Å². The summed E-state index contributed by atoms with van der Waals surface area (Å²) in [4.78, 5) is 21.5. The molecule has 6 nitrogen and oxygen atoms in total. The monoisotopic (exact) mass is 456 g/mol. The lowest BCUT2D eigenvalue weighted by Gasteiger charge is -2.21. The number of amides is 1. The van der Waals surface area contributed by atoms with Crippen molar-refractivity contribution < 1.29 is 14.3 Å². The Labute approximate surface area is 197 Å². The van der Waals surface area contributed by atoms with E-state index in [1.807, 2.05) is 36.4 Å². The van der Waals surface area contributed by atoms with Gasteiger partial charge < -0.3 is 16.2 Å². The smallest absolute Gasteiger partial charge is 0.229 e. The summed E-state index contributed by atoms with van der Waals surface area (Å²) in [6.45, 7) is 0.195. The Morgan fingerprint density at radius 3 is 2.56 bits per heavy atom. The Kier molecular flexibility index (Phi) is 7.25. The quantitative estimate of drug-likeness (QED) is 0.353. The molecule has 0 aliphatic heterocycles. The van der Waals surface area contributed by atoms with Crippen molar-refractivity contribution in [2.24, 2.45) is 5.73 Å². The number of rotatable bonds is 9. The van der Waals surface area contributed by atoms with Gasteiger partial charge in [-0.1, -0.05) is 48.5 Å². The largest absolute Gasteiger partial charge is 0.392 e. The van der Waals surface area contributed by atoms with E-state index in [0.29, 0.717) is 41.2 Å². The van der Waals surface area contributed by atoms with Crippen LogP contribution in [0.4, 0.5) is 10.2 Å². The zero-order chi connectivity index (χ0) is 23.9. The number of aliphatic hydroxyl groups is 1. The van der Waals surface area contributed by atoms with Gasteiger partial charge in [0, 0.05) is 35.6 Å². The van der Waals surface area contributed by atoms with Gasteiger partial charge in [0.1, 0.15) is 11.6 Å². The first kappa shape index (κ1) is 23.1. The Morgan fingerprint density at radius 2 is 1.88 bits per heavy atom. The van der Waals surface area contributed by atoms with Crippen molar-refractivity contribution >= 4 is 11.7 Å². The molecular weight excluding hydrogens is 431 g/mol. The topological polar surface area (TPSA) is 101 Å². The van der Waals surface area contributed by atoms with Crippen molar-refractivity contribution in [3.05, 3.63) is 113 Å². The summed E-state index contributed by atoms with van der Waals surface area (Å²) in [5.41, 5.74) is 9.85. The summed E-state index contributed by atoms with van der Waals surface area (Å²) < 4.78 is 13.6. The highest BCUT2D eigenvalue weighted by Gasteiger charge is 2.26. The van der Waals surface area contributed by atoms with Crippen LogP contribution >= 0.6 is 0 Å². The van der Waals surface area contributed by atoms with Gasteiger partial charge >= 0.3 is 0 Å². The van der Waals surface area contributed by atoms with Crippen molar-refractivity contribution in [2.75, 3.05) is 11.9 Å². The first-order valence-electron chi connectivity index (χ1n) is 10.9. The number of nitrogens with one attached hydrogen (secondary N) is 1. The third-order valence-corrected chi connectivity index (χ3v) is 5.56. The van der Waals surface area contributed by atoms with Gasteiger partial charge in [-0.15, -0.1) is 0 Å².